The van der Waals surface area contributed by atoms with Crippen molar-refractivity contribution in [3.63, 3.8) is 0 Å². The van der Waals surface area contributed by atoms with Crippen LogP contribution in [0.25, 0.3) is 5.76 Å². The van der Waals surface area contributed by atoms with Gasteiger partial charge < -0.3 is 15.8 Å². The maximum atomic E-state index is 5.98. The molecule has 1 saturated carbocycles. The van der Waals surface area contributed by atoms with Gasteiger partial charge in [-0.1, -0.05) is 38.1 Å². The second-order valence-corrected chi connectivity index (χ2v) is 5.67. The third kappa shape index (κ3) is 4.38. The highest BCUT2D eigenvalue weighted by molar-refractivity contribution is 6.30. The van der Waals surface area contributed by atoms with Gasteiger partial charge in [0.25, 0.3) is 0 Å². The van der Waals surface area contributed by atoms with E-state index in [1.54, 1.807) is 18.2 Å². The topological polar surface area (TPSA) is 73.1 Å². The van der Waals surface area contributed by atoms with E-state index in [9.17, 15) is 0 Å². The summed E-state index contributed by atoms with van der Waals surface area (Å²) < 4.78 is 5.76. The van der Waals surface area contributed by atoms with Crippen molar-refractivity contribution in [1.82, 2.24) is 9.97 Å². The number of hydrogen-bond donors (Lipinski definition) is 2. The van der Waals surface area contributed by atoms with Crippen LogP contribution < -0.4 is 15.8 Å². The van der Waals surface area contributed by atoms with Crippen LogP contribution >= 0.6 is 11.6 Å². The second-order valence-electron chi connectivity index (χ2n) is 5.24. The summed E-state index contributed by atoms with van der Waals surface area (Å²) in [5.74, 6) is 1.98. The fourth-order valence-corrected chi connectivity index (χ4v) is 2.43. The molecule has 3 N–H and O–H groups in total. The first-order valence-electron chi connectivity index (χ1n) is 8.13. The summed E-state index contributed by atoms with van der Waals surface area (Å²) >= 11 is 5.96. The zero-order valence-corrected chi connectivity index (χ0v) is 14.8. The van der Waals surface area contributed by atoms with E-state index in [1.165, 1.54) is 12.7 Å². The summed E-state index contributed by atoms with van der Waals surface area (Å²) in [5, 5.41) is 3.96. The molecule has 6 heteroatoms. The standard InChI is InChI=1S/C16H17ClN4O.C2H6/c1-10(22-13-7-2-4-11(17)8-13)14-15(18)19-9-20-16(14)21-12-5-3-6-12;1-2/h2,4,7-9,12H,1,3,5-6H2,(H3,18,19,20,21);1-2H3. The zero-order chi connectivity index (χ0) is 17.5. The van der Waals surface area contributed by atoms with E-state index in [0.717, 1.165) is 12.8 Å². The summed E-state index contributed by atoms with van der Waals surface area (Å²) in [5.41, 5.74) is 6.58. The van der Waals surface area contributed by atoms with Crippen LogP contribution in [-0.4, -0.2) is 16.0 Å². The van der Waals surface area contributed by atoms with Gasteiger partial charge in [0.2, 0.25) is 0 Å². The molecule has 24 heavy (non-hydrogen) atoms. The highest BCUT2D eigenvalue weighted by Crippen LogP contribution is 2.31. The molecule has 1 aliphatic rings. The van der Waals surface area contributed by atoms with Crippen LogP contribution in [0.5, 0.6) is 5.75 Å². The molecule has 3 rings (SSSR count). The molecule has 0 radical (unpaired) electrons. The van der Waals surface area contributed by atoms with Crippen LogP contribution in [0, 0.1) is 0 Å². The molecule has 0 spiro atoms. The van der Waals surface area contributed by atoms with Gasteiger partial charge in [-0.15, -0.1) is 0 Å². The Hall–Kier alpha value is -2.27. The lowest BCUT2D eigenvalue weighted by atomic mass is 9.93. The molecule has 2 aromatic rings. The summed E-state index contributed by atoms with van der Waals surface area (Å²) in [6.45, 7) is 7.96. The molecule has 5 nitrogen and oxygen atoms in total. The maximum Gasteiger partial charge on any atom is 0.142 e. The molecular formula is C18H23ClN4O. The number of rotatable bonds is 5. The first-order valence-corrected chi connectivity index (χ1v) is 8.51. The molecule has 1 aliphatic carbocycles. The number of aromatic nitrogens is 2. The Bertz CT molecular complexity index is 701. The van der Waals surface area contributed by atoms with Crippen LogP contribution in [-0.2, 0) is 0 Å². The Labute approximate surface area is 147 Å². The fourth-order valence-electron chi connectivity index (χ4n) is 2.25. The van der Waals surface area contributed by atoms with Gasteiger partial charge in [0.15, 0.2) is 0 Å². The number of nitrogens with zero attached hydrogens (tertiary/aromatic N) is 2. The third-order valence-corrected chi connectivity index (χ3v) is 3.87. The molecular weight excluding hydrogens is 324 g/mol. The minimum Gasteiger partial charge on any atom is -0.457 e. The lowest BCUT2D eigenvalue weighted by molar-refractivity contribution is 0.444. The Morgan fingerprint density at radius 1 is 1.33 bits per heavy atom. The maximum absolute atomic E-state index is 5.98. The number of hydrogen-bond acceptors (Lipinski definition) is 5. The van der Waals surface area contributed by atoms with Crippen LogP contribution in [0.1, 0.15) is 38.7 Å². The predicted octanol–water partition coefficient (Wildman–Crippen LogP) is 4.75. The van der Waals surface area contributed by atoms with E-state index >= 15 is 0 Å². The van der Waals surface area contributed by atoms with Crippen molar-refractivity contribution in [1.29, 1.82) is 0 Å². The summed E-state index contributed by atoms with van der Waals surface area (Å²) in [4.78, 5) is 8.30. The first kappa shape index (κ1) is 18.1. The van der Waals surface area contributed by atoms with Gasteiger partial charge in [-0.3, -0.25) is 0 Å². The highest BCUT2D eigenvalue weighted by Gasteiger charge is 2.21. The third-order valence-electron chi connectivity index (χ3n) is 3.64. The minimum atomic E-state index is 0.337. The molecule has 0 amide bonds. The van der Waals surface area contributed by atoms with Crippen molar-refractivity contribution >= 4 is 29.0 Å². The molecule has 1 aromatic heterocycles. The van der Waals surface area contributed by atoms with Crippen molar-refractivity contribution in [3.05, 3.63) is 47.8 Å². The van der Waals surface area contributed by atoms with Crippen molar-refractivity contribution in [2.75, 3.05) is 11.1 Å². The van der Waals surface area contributed by atoms with Crippen molar-refractivity contribution in [3.8, 4) is 5.75 Å². The summed E-state index contributed by atoms with van der Waals surface area (Å²) in [6, 6.07) is 7.53. The number of ether oxygens (including phenoxy) is 1. The van der Waals surface area contributed by atoms with Crippen molar-refractivity contribution in [2.45, 2.75) is 39.2 Å². The quantitative estimate of drug-likeness (QED) is 0.764. The molecule has 1 heterocycles. The van der Waals surface area contributed by atoms with Crippen LogP contribution in [0.15, 0.2) is 37.2 Å². The molecule has 1 aromatic carbocycles. The Balaban J connectivity index is 0.00000100. The van der Waals surface area contributed by atoms with Crippen molar-refractivity contribution in [2.24, 2.45) is 0 Å². The summed E-state index contributed by atoms with van der Waals surface area (Å²) in [7, 11) is 0. The molecule has 1 fully saturated rings. The average Bonchev–Trinajstić information content (AvgIpc) is 2.53. The largest absolute Gasteiger partial charge is 0.457 e. The second kappa shape index (κ2) is 8.55. The zero-order valence-electron chi connectivity index (χ0n) is 14.1. The Morgan fingerprint density at radius 3 is 2.71 bits per heavy atom. The van der Waals surface area contributed by atoms with E-state index in [4.69, 9.17) is 22.1 Å². The lowest BCUT2D eigenvalue weighted by Crippen LogP contribution is -2.28. The van der Waals surface area contributed by atoms with E-state index < -0.39 is 0 Å². The minimum absolute atomic E-state index is 0.337. The van der Waals surface area contributed by atoms with Crippen LogP contribution in [0.4, 0.5) is 11.6 Å². The summed E-state index contributed by atoms with van der Waals surface area (Å²) in [6.07, 6.45) is 4.93. The van der Waals surface area contributed by atoms with E-state index in [2.05, 4.69) is 21.9 Å². The molecule has 0 unspecified atom stereocenters. The molecule has 128 valence electrons. The monoisotopic (exact) mass is 346 g/mol. The Kier molecular flexibility index (Phi) is 6.44. The fraction of sp³-hybridized carbons (Fsp3) is 0.333. The van der Waals surface area contributed by atoms with Gasteiger partial charge >= 0.3 is 0 Å². The molecule has 0 bridgehead atoms. The van der Waals surface area contributed by atoms with E-state index in [-0.39, 0.29) is 0 Å². The van der Waals surface area contributed by atoms with Gasteiger partial charge in [0.1, 0.15) is 35.0 Å². The first-order chi connectivity index (χ1) is 11.6. The van der Waals surface area contributed by atoms with E-state index in [0.29, 0.717) is 39.8 Å². The molecule has 0 saturated heterocycles. The smallest absolute Gasteiger partial charge is 0.142 e. The number of benzene rings is 1. The normalized spacial score (nSPS) is 13.3. The van der Waals surface area contributed by atoms with Crippen LogP contribution in [0.2, 0.25) is 5.02 Å². The highest BCUT2D eigenvalue weighted by atomic mass is 35.5. The molecule has 0 aliphatic heterocycles. The van der Waals surface area contributed by atoms with Gasteiger partial charge in [-0.25, -0.2) is 9.97 Å². The van der Waals surface area contributed by atoms with Gasteiger partial charge in [0, 0.05) is 11.1 Å². The van der Waals surface area contributed by atoms with Crippen LogP contribution in [0.3, 0.4) is 0 Å². The van der Waals surface area contributed by atoms with Crippen molar-refractivity contribution < 1.29 is 4.74 Å². The number of nitrogens with one attached hydrogen (secondary N) is 1. The number of anilines is 2. The lowest BCUT2D eigenvalue weighted by Gasteiger charge is -2.28. The SMILES string of the molecule is C=C(Oc1cccc(Cl)c1)c1c(N)ncnc1NC1CCC1.CC. The number of nitrogen functional groups attached to an aromatic ring is 1. The number of halogens is 1. The van der Waals surface area contributed by atoms with Gasteiger partial charge in [-0.05, 0) is 37.5 Å². The Morgan fingerprint density at radius 2 is 2.08 bits per heavy atom. The van der Waals surface area contributed by atoms with Gasteiger partial charge in [-0.2, -0.15) is 0 Å². The average molecular weight is 347 g/mol. The van der Waals surface area contributed by atoms with E-state index in [1.807, 2.05) is 19.9 Å². The predicted molar refractivity (Wildman–Crippen MR) is 100 cm³/mol. The number of nitrogens with two attached hydrogens (primary N) is 1. The van der Waals surface area contributed by atoms with Gasteiger partial charge in [0.05, 0.1) is 0 Å². The molecule has 0 atom stereocenters.